The highest BCUT2D eigenvalue weighted by Gasteiger charge is 2.30. The van der Waals surface area contributed by atoms with Crippen LogP contribution in [0.4, 0.5) is 5.69 Å². The third-order valence-corrected chi connectivity index (χ3v) is 4.23. The van der Waals surface area contributed by atoms with Crippen LogP contribution in [0, 0.1) is 4.91 Å². The minimum atomic E-state index is -0.306. The first kappa shape index (κ1) is 15.4. The molecule has 1 aliphatic rings. The van der Waals surface area contributed by atoms with Gasteiger partial charge in [-0.3, -0.25) is 0 Å². The second-order valence-electron chi connectivity index (χ2n) is 5.75. The molecular formula is C19H19NO3. The Labute approximate surface area is 135 Å². The molecule has 118 valence electrons. The quantitative estimate of drug-likeness (QED) is 0.600. The highest BCUT2D eigenvalue weighted by Crippen LogP contribution is 2.43. The fourth-order valence-corrected chi connectivity index (χ4v) is 3.01. The van der Waals surface area contributed by atoms with Crippen molar-refractivity contribution in [2.45, 2.75) is 32.0 Å². The van der Waals surface area contributed by atoms with E-state index in [9.17, 15) is 10.0 Å². The Morgan fingerprint density at radius 3 is 2.39 bits per heavy atom. The number of ether oxygens (including phenoxy) is 1. The predicted molar refractivity (Wildman–Crippen MR) is 89.5 cm³/mol. The molecule has 1 N–H and O–H groups in total. The molecule has 1 heterocycles. The van der Waals surface area contributed by atoms with Crippen LogP contribution in [0.1, 0.15) is 43.1 Å². The Hall–Kier alpha value is -2.46. The molecule has 23 heavy (non-hydrogen) atoms. The third-order valence-electron chi connectivity index (χ3n) is 4.23. The van der Waals surface area contributed by atoms with E-state index in [2.05, 4.69) is 17.3 Å². The molecule has 4 nitrogen and oxygen atoms in total. The third kappa shape index (κ3) is 3.32. The van der Waals surface area contributed by atoms with Crippen LogP contribution in [0.5, 0.6) is 0 Å². The molecule has 1 fully saturated rings. The minimum Gasteiger partial charge on any atom is -0.513 e. The van der Waals surface area contributed by atoms with Gasteiger partial charge in [0.15, 0.2) is 0 Å². The number of hydrogen-bond acceptors (Lipinski definition) is 4. The van der Waals surface area contributed by atoms with E-state index in [1.807, 2.05) is 30.3 Å². The van der Waals surface area contributed by atoms with Gasteiger partial charge in [-0.15, -0.1) is 4.91 Å². The van der Waals surface area contributed by atoms with Crippen molar-refractivity contribution in [1.82, 2.24) is 0 Å². The van der Waals surface area contributed by atoms with Gasteiger partial charge in [-0.25, -0.2) is 0 Å². The largest absolute Gasteiger partial charge is 0.513 e. The van der Waals surface area contributed by atoms with Crippen molar-refractivity contribution in [3.05, 3.63) is 82.0 Å². The van der Waals surface area contributed by atoms with Crippen LogP contribution in [0.2, 0.25) is 0 Å². The van der Waals surface area contributed by atoms with Gasteiger partial charge in [-0.2, -0.15) is 0 Å². The van der Waals surface area contributed by atoms with Gasteiger partial charge in [0.2, 0.25) is 0 Å². The summed E-state index contributed by atoms with van der Waals surface area (Å²) in [6.07, 6.45) is 1.30. The van der Waals surface area contributed by atoms with Gasteiger partial charge in [0, 0.05) is 5.57 Å². The molecule has 1 saturated heterocycles. The molecule has 0 aromatic heterocycles. The first-order chi connectivity index (χ1) is 11.2. The molecule has 2 aromatic carbocycles. The highest BCUT2D eigenvalue weighted by molar-refractivity contribution is 5.41. The summed E-state index contributed by atoms with van der Waals surface area (Å²) in [6.45, 7) is 1.69. The van der Waals surface area contributed by atoms with E-state index in [0.29, 0.717) is 11.4 Å². The molecule has 2 aromatic rings. The number of nitroso groups, excluding NO2 is 1. The molecule has 0 amide bonds. The number of nitrogens with zero attached hydrogens (tertiary/aromatic N) is 1. The normalized spacial score (nSPS) is 23.3. The van der Waals surface area contributed by atoms with Crippen LogP contribution < -0.4 is 0 Å². The molecule has 0 unspecified atom stereocenters. The summed E-state index contributed by atoms with van der Waals surface area (Å²) in [5.41, 5.74) is 3.33. The van der Waals surface area contributed by atoms with Gasteiger partial charge in [0.1, 0.15) is 11.8 Å². The molecule has 3 rings (SSSR count). The van der Waals surface area contributed by atoms with E-state index in [1.165, 1.54) is 0 Å². The zero-order chi connectivity index (χ0) is 16.2. The molecule has 0 spiro atoms. The van der Waals surface area contributed by atoms with Crippen LogP contribution in [0.15, 0.2) is 71.1 Å². The van der Waals surface area contributed by atoms with Crippen molar-refractivity contribution in [3.8, 4) is 0 Å². The van der Waals surface area contributed by atoms with Crippen LogP contribution in [-0.2, 0) is 4.74 Å². The van der Waals surface area contributed by atoms with Crippen LogP contribution in [-0.4, -0.2) is 5.11 Å². The van der Waals surface area contributed by atoms with E-state index >= 15 is 0 Å². The van der Waals surface area contributed by atoms with Crippen molar-refractivity contribution in [3.63, 3.8) is 0 Å². The molecular weight excluding hydrogens is 290 g/mol. The summed E-state index contributed by atoms with van der Waals surface area (Å²) in [6, 6.07) is 17.1. The second-order valence-corrected chi connectivity index (χ2v) is 5.75. The van der Waals surface area contributed by atoms with Crippen LogP contribution in [0.3, 0.4) is 0 Å². The number of benzene rings is 2. The number of hydrogen-bond donors (Lipinski definition) is 1. The Balaban J connectivity index is 1.92. The standard InChI is InChI=1S/C19H19NO3/c1-13(21)17-11-12-18(14-5-3-2-4-6-14)23-19(17)15-7-9-16(20-22)10-8-15/h2-10,18-19,21H,11-12H2,1H3/b17-13+/t18-,19-/m0/s1. The van der Waals surface area contributed by atoms with Gasteiger partial charge in [0.05, 0.1) is 11.9 Å². The van der Waals surface area contributed by atoms with Gasteiger partial charge in [-0.05, 0) is 48.2 Å². The fraction of sp³-hybridized carbons (Fsp3) is 0.263. The summed E-state index contributed by atoms with van der Waals surface area (Å²) in [4.78, 5) is 10.6. The molecule has 1 aliphatic heterocycles. The summed E-state index contributed by atoms with van der Waals surface area (Å²) in [7, 11) is 0. The molecule has 0 saturated carbocycles. The molecule has 0 aliphatic carbocycles. The monoisotopic (exact) mass is 309 g/mol. The molecule has 4 heteroatoms. The Kier molecular flexibility index (Phi) is 4.53. The van der Waals surface area contributed by atoms with Crippen molar-refractivity contribution >= 4 is 5.69 Å². The zero-order valence-corrected chi connectivity index (χ0v) is 13.0. The van der Waals surface area contributed by atoms with Gasteiger partial charge in [-0.1, -0.05) is 42.5 Å². The topological polar surface area (TPSA) is 58.9 Å². The van der Waals surface area contributed by atoms with Crippen LogP contribution >= 0.6 is 0 Å². The van der Waals surface area contributed by atoms with E-state index in [-0.39, 0.29) is 12.2 Å². The minimum absolute atomic E-state index is 0.00632. The van der Waals surface area contributed by atoms with Crippen molar-refractivity contribution < 1.29 is 9.84 Å². The first-order valence-electron chi connectivity index (χ1n) is 7.71. The molecule has 0 bridgehead atoms. The predicted octanol–water partition coefficient (Wildman–Crippen LogP) is 5.51. The van der Waals surface area contributed by atoms with Gasteiger partial charge < -0.3 is 9.84 Å². The lowest BCUT2D eigenvalue weighted by molar-refractivity contribution is -0.0248. The van der Waals surface area contributed by atoms with Crippen LogP contribution in [0.25, 0.3) is 0 Å². The van der Waals surface area contributed by atoms with Crippen molar-refractivity contribution in [2.24, 2.45) is 5.18 Å². The molecule has 0 radical (unpaired) electrons. The lowest BCUT2D eigenvalue weighted by atomic mass is 9.90. The number of aliphatic hydroxyl groups is 1. The number of aliphatic hydroxyl groups excluding tert-OH is 1. The first-order valence-corrected chi connectivity index (χ1v) is 7.71. The summed E-state index contributed by atoms with van der Waals surface area (Å²) in [5, 5.41) is 12.9. The second kappa shape index (κ2) is 6.75. The molecule has 2 atom stereocenters. The number of rotatable bonds is 3. The Morgan fingerprint density at radius 1 is 1.09 bits per heavy atom. The van der Waals surface area contributed by atoms with Gasteiger partial charge in [0.25, 0.3) is 0 Å². The van der Waals surface area contributed by atoms with Crippen molar-refractivity contribution in [1.29, 1.82) is 0 Å². The Bertz CT molecular complexity index is 703. The maximum atomic E-state index is 10.6. The average molecular weight is 309 g/mol. The SMILES string of the molecule is C/C(O)=C1/CC[C@@H](c2ccccc2)O[C@H]1c1ccc(N=O)cc1. The number of allylic oxidation sites excluding steroid dienone is 1. The lowest BCUT2D eigenvalue weighted by Gasteiger charge is -2.33. The van der Waals surface area contributed by atoms with Crippen molar-refractivity contribution in [2.75, 3.05) is 0 Å². The van der Waals surface area contributed by atoms with E-state index < -0.39 is 0 Å². The van der Waals surface area contributed by atoms with E-state index in [1.54, 1.807) is 19.1 Å². The maximum absolute atomic E-state index is 10.6. The zero-order valence-electron chi connectivity index (χ0n) is 13.0. The highest BCUT2D eigenvalue weighted by atomic mass is 16.5. The fourth-order valence-electron chi connectivity index (χ4n) is 3.01. The Morgan fingerprint density at radius 2 is 1.78 bits per heavy atom. The van der Waals surface area contributed by atoms with E-state index in [0.717, 1.165) is 29.5 Å². The summed E-state index contributed by atoms with van der Waals surface area (Å²) < 4.78 is 6.28. The van der Waals surface area contributed by atoms with Gasteiger partial charge >= 0.3 is 0 Å². The lowest BCUT2D eigenvalue weighted by Crippen LogP contribution is -2.20. The summed E-state index contributed by atoms with van der Waals surface area (Å²) >= 11 is 0. The average Bonchev–Trinajstić information content (AvgIpc) is 2.62. The summed E-state index contributed by atoms with van der Waals surface area (Å²) in [5.74, 6) is 0.305. The smallest absolute Gasteiger partial charge is 0.108 e. The van der Waals surface area contributed by atoms with E-state index in [4.69, 9.17) is 4.74 Å². The maximum Gasteiger partial charge on any atom is 0.108 e.